The maximum atomic E-state index is 12.8. The molecule has 1 saturated carbocycles. The number of urea groups is 1. The van der Waals surface area contributed by atoms with Crippen molar-refractivity contribution in [1.29, 1.82) is 0 Å². The molecule has 4 rings (SSSR count). The van der Waals surface area contributed by atoms with Crippen LogP contribution in [0.5, 0.6) is 5.75 Å². The van der Waals surface area contributed by atoms with Crippen LogP contribution in [0.3, 0.4) is 0 Å². The zero-order chi connectivity index (χ0) is 19.3. The van der Waals surface area contributed by atoms with Crippen molar-refractivity contribution in [2.24, 2.45) is 13.0 Å². The number of hydrogen-bond acceptors (Lipinski definition) is 4. The van der Waals surface area contributed by atoms with E-state index in [2.05, 4.69) is 15.2 Å². The van der Waals surface area contributed by atoms with Gasteiger partial charge in [-0.1, -0.05) is 18.2 Å². The van der Waals surface area contributed by atoms with E-state index >= 15 is 0 Å². The van der Waals surface area contributed by atoms with Gasteiger partial charge in [0.1, 0.15) is 18.2 Å². The Kier molecular flexibility index (Phi) is 5.81. The van der Waals surface area contributed by atoms with Gasteiger partial charge in [0.2, 0.25) is 0 Å². The Labute approximate surface area is 166 Å². The highest BCUT2D eigenvalue weighted by molar-refractivity contribution is 5.74. The Bertz CT molecular complexity index is 766. The number of aryl methyl sites for hydroxylation is 1. The Hall–Kier alpha value is -2.54. The van der Waals surface area contributed by atoms with Gasteiger partial charge < -0.3 is 19.5 Å². The third-order valence-electron chi connectivity index (χ3n) is 5.59. The zero-order valence-corrected chi connectivity index (χ0v) is 16.5. The number of amides is 2. The summed E-state index contributed by atoms with van der Waals surface area (Å²) in [6.07, 6.45) is 6.06. The summed E-state index contributed by atoms with van der Waals surface area (Å²) in [6.45, 7) is 4.79. The zero-order valence-electron chi connectivity index (χ0n) is 16.5. The van der Waals surface area contributed by atoms with E-state index in [4.69, 9.17) is 4.74 Å². The van der Waals surface area contributed by atoms with E-state index in [-0.39, 0.29) is 12.1 Å². The van der Waals surface area contributed by atoms with Gasteiger partial charge in [0, 0.05) is 52.2 Å². The largest absolute Gasteiger partial charge is 0.492 e. The number of nitrogens with zero attached hydrogens (tertiary/aromatic N) is 4. The topological polar surface area (TPSA) is 62.6 Å². The fourth-order valence-electron chi connectivity index (χ4n) is 3.71. The fourth-order valence-corrected chi connectivity index (χ4v) is 3.71. The van der Waals surface area contributed by atoms with Crippen molar-refractivity contribution >= 4 is 6.03 Å². The predicted molar refractivity (Wildman–Crippen MR) is 107 cm³/mol. The molecule has 2 amide bonds. The minimum absolute atomic E-state index is 0.0183. The van der Waals surface area contributed by atoms with E-state index in [1.807, 2.05) is 53.0 Å². The third kappa shape index (κ3) is 4.65. The van der Waals surface area contributed by atoms with Crippen LogP contribution < -0.4 is 10.1 Å². The smallest absolute Gasteiger partial charge is 0.318 e. The van der Waals surface area contributed by atoms with Crippen LogP contribution in [0, 0.1) is 5.92 Å². The normalized spacial score (nSPS) is 18.7. The first-order valence-corrected chi connectivity index (χ1v) is 10.1. The minimum Gasteiger partial charge on any atom is -0.492 e. The van der Waals surface area contributed by atoms with Gasteiger partial charge in [-0.2, -0.15) is 0 Å². The summed E-state index contributed by atoms with van der Waals surface area (Å²) in [5, 5.41) is 3.23. The van der Waals surface area contributed by atoms with Crippen molar-refractivity contribution < 1.29 is 9.53 Å². The summed E-state index contributed by atoms with van der Waals surface area (Å²) in [7, 11) is 1.99. The number of para-hydroxylation sites is 1. The Morgan fingerprint density at radius 3 is 2.61 bits per heavy atom. The van der Waals surface area contributed by atoms with Crippen LogP contribution in [-0.4, -0.2) is 64.7 Å². The van der Waals surface area contributed by atoms with Crippen molar-refractivity contribution in [3.63, 3.8) is 0 Å². The molecule has 2 fully saturated rings. The first-order chi connectivity index (χ1) is 13.7. The average Bonchev–Trinajstić information content (AvgIpc) is 3.48. The van der Waals surface area contributed by atoms with Crippen molar-refractivity contribution in [3.8, 4) is 5.75 Å². The Morgan fingerprint density at radius 1 is 1.21 bits per heavy atom. The van der Waals surface area contributed by atoms with Crippen LogP contribution in [0.2, 0.25) is 0 Å². The maximum absolute atomic E-state index is 12.8. The number of imidazole rings is 1. The molecule has 1 aromatic heterocycles. The average molecular weight is 383 g/mol. The number of aromatic nitrogens is 2. The van der Waals surface area contributed by atoms with E-state index in [9.17, 15) is 4.79 Å². The lowest BCUT2D eigenvalue weighted by Gasteiger charge is -2.35. The van der Waals surface area contributed by atoms with Crippen LogP contribution in [0.1, 0.15) is 24.7 Å². The summed E-state index contributed by atoms with van der Waals surface area (Å²) >= 11 is 0. The van der Waals surface area contributed by atoms with Gasteiger partial charge in [0.05, 0.1) is 6.04 Å². The molecule has 150 valence electrons. The minimum atomic E-state index is 0.0183. The number of ether oxygens (including phenoxy) is 1. The van der Waals surface area contributed by atoms with Crippen molar-refractivity contribution in [1.82, 2.24) is 24.7 Å². The van der Waals surface area contributed by atoms with E-state index in [1.54, 1.807) is 6.20 Å². The first-order valence-electron chi connectivity index (χ1n) is 10.1. The number of carbonyl (C=O) groups excluding carboxylic acids is 1. The summed E-state index contributed by atoms with van der Waals surface area (Å²) in [5.41, 5.74) is 0. The van der Waals surface area contributed by atoms with Gasteiger partial charge in [-0.25, -0.2) is 9.78 Å². The second-order valence-corrected chi connectivity index (χ2v) is 7.65. The number of piperazine rings is 1. The molecule has 0 radical (unpaired) electrons. The summed E-state index contributed by atoms with van der Waals surface area (Å²) in [6, 6.07) is 9.93. The molecule has 1 aliphatic carbocycles. The highest BCUT2D eigenvalue weighted by Gasteiger charge is 2.36. The third-order valence-corrected chi connectivity index (χ3v) is 5.59. The van der Waals surface area contributed by atoms with Crippen LogP contribution in [0.25, 0.3) is 0 Å². The molecule has 1 atom stereocenters. The van der Waals surface area contributed by atoms with Gasteiger partial charge in [-0.05, 0) is 30.9 Å². The second kappa shape index (κ2) is 8.65. The van der Waals surface area contributed by atoms with Gasteiger partial charge in [0.15, 0.2) is 0 Å². The second-order valence-electron chi connectivity index (χ2n) is 7.65. The summed E-state index contributed by atoms with van der Waals surface area (Å²) in [5.74, 6) is 2.37. The van der Waals surface area contributed by atoms with Crippen molar-refractivity contribution in [3.05, 3.63) is 48.5 Å². The van der Waals surface area contributed by atoms with Crippen LogP contribution in [0.4, 0.5) is 4.79 Å². The molecule has 1 aliphatic heterocycles. The van der Waals surface area contributed by atoms with Gasteiger partial charge >= 0.3 is 6.03 Å². The Morgan fingerprint density at radius 2 is 1.96 bits per heavy atom. The van der Waals surface area contributed by atoms with E-state index in [1.165, 1.54) is 0 Å². The Balaban J connectivity index is 1.22. The molecule has 2 heterocycles. The van der Waals surface area contributed by atoms with E-state index in [0.717, 1.165) is 57.1 Å². The molecule has 1 saturated heterocycles. The van der Waals surface area contributed by atoms with Crippen molar-refractivity contribution in [2.45, 2.75) is 18.9 Å². The highest BCUT2D eigenvalue weighted by atomic mass is 16.5. The van der Waals surface area contributed by atoms with E-state index < -0.39 is 0 Å². The van der Waals surface area contributed by atoms with Gasteiger partial charge in [0.25, 0.3) is 0 Å². The summed E-state index contributed by atoms with van der Waals surface area (Å²) in [4.78, 5) is 21.5. The number of carbonyl (C=O) groups is 1. The molecule has 2 aliphatic rings. The lowest BCUT2D eigenvalue weighted by molar-refractivity contribution is 0.123. The molecule has 2 aromatic rings. The molecule has 7 nitrogen and oxygen atoms in total. The predicted octanol–water partition coefficient (Wildman–Crippen LogP) is 2.28. The number of nitrogens with one attached hydrogen (secondary N) is 1. The lowest BCUT2D eigenvalue weighted by atomic mass is 10.1. The molecule has 28 heavy (non-hydrogen) atoms. The summed E-state index contributed by atoms with van der Waals surface area (Å²) < 4.78 is 7.79. The molecule has 0 bridgehead atoms. The first kappa shape index (κ1) is 18.8. The highest BCUT2D eigenvalue weighted by Crippen LogP contribution is 2.40. The fraction of sp³-hybridized carbons (Fsp3) is 0.524. The van der Waals surface area contributed by atoms with Crippen LogP contribution in [0.15, 0.2) is 42.7 Å². The van der Waals surface area contributed by atoms with Gasteiger partial charge in [-0.15, -0.1) is 0 Å². The van der Waals surface area contributed by atoms with Crippen LogP contribution in [-0.2, 0) is 7.05 Å². The molecule has 1 unspecified atom stereocenters. The van der Waals surface area contributed by atoms with Gasteiger partial charge in [-0.3, -0.25) is 4.90 Å². The standard InChI is InChI=1S/C21H29N5O2/c1-24-10-9-22-20(24)19(17-7-8-17)23-21(27)26-13-11-25(12-14-26)15-16-28-18-5-3-2-4-6-18/h2-6,9-10,17,19H,7-8,11-16H2,1H3,(H,23,27). The molecule has 0 spiro atoms. The molecule has 7 heteroatoms. The molecule has 1 aromatic carbocycles. The lowest BCUT2D eigenvalue weighted by Crippen LogP contribution is -2.53. The van der Waals surface area contributed by atoms with Crippen molar-refractivity contribution in [2.75, 3.05) is 39.3 Å². The quantitative estimate of drug-likeness (QED) is 0.797. The monoisotopic (exact) mass is 383 g/mol. The number of hydrogen-bond donors (Lipinski definition) is 1. The number of rotatable bonds is 7. The van der Waals surface area contributed by atoms with E-state index in [0.29, 0.717) is 12.5 Å². The van der Waals surface area contributed by atoms with Crippen LogP contribution >= 0.6 is 0 Å². The molecule has 1 N–H and O–H groups in total. The molecular formula is C21H29N5O2. The molecular weight excluding hydrogens is 354 g/mol. The maximum Gasteiger partial charge on any atom is 0.318 e. The SMILES string of the molecule is Cn1ccnc1C(NC(=O)N1CCN(CCOc2ccccc2)CC1)C1CC1. The number of benzene rings is 1.